The number of hydrogen-bond donors (Lipinski definition) is 0. The lowest BCUT2D eigenvalue weighted by Crippen LogP contribution is -2.54. The van der Waals surface area contributed by atoms with Gasteiger partial charge in [-0.2, -0.15) is 0 Å². The summed E-state index contributed by atoms with van der Waals surface area (Å²) in [5.74, 6) is -0.698. The topological polar surface area (TPSA) is 63.7 Å². The standard InChI is InChI=1S/C20H23NO4/c1-13(14-6-4-7-15(12-14)18(23)25-3)16-9-11-21(2)19(24)20(16)10-5-8-17(20)22/h4,6-7,12,16H,1,5,8-11H2,2-3H3/t16-,20+/m1/s1. The third-order valence-electron chi connectivity index (χ3n) is 5.62. The molecule has 1 saturated heterocycles. The summed E-state index contributed by atoms with van der Waals surface area (Å²) in [6.07, 6.45) is 2.47. The number of amides is 1. The van der Waals surface area contributed by atoms with Gasteiger partial charge in [-0.25, -0.2) is 4.79 Å². The van der Waals surface area contributed by atoms with Gasteiger partial charge in [-0.1, -0.05) is 18.7 Å². The number of Topliss-reactive ketones (excluding diaryl/α,β-unsaturated/α-hetero) is 1. The number of ketones is 1. The Labute approximate surface area is 147 Å². The molecule has 0 bridgehead atoms. The van der Waals surface area contributed by atoms with Crippen LogP contribution in [0.3, 0.4) is 0 Å². The van der Waals surface area contributed by atoms with Gasteiger partial charge in [0.05, 0.1) is 12.7 Å². The summed E-state index contributed by atoms with van der Waals surface area (Å²) in [7, 11) is 3.10. The van der Waals surface area contributed by atoms with E-state index in [2.05, 4.69) is 6.58 Å². The van der Waals surface area contributed by atoms with Crippen molar-refractivity contribution in [3.05, 3.63) is 42.0 Å². The quantitative estimate of drug-likeness (QED) is 0.626. The molecule has 5 heteroatoms. The molecule has 1 aliphatic heterocycles. The second-order valence-electron chi connectivity index (χ2n) is 6.91. The molecule has 1 amide bonds. The van der Waals surface area contributed by atoms with Gasteiger partial charge < -0.3 is 9.64 Å². The Morgan fingerprint density at radius 1 is 1.32 bits per heavy atom. The number of methoxy groups -OCH3 is 1. The molecule has 1 aliphatic carbocycles. The van der Waals surface area contributed by atoms with Crippen LogP contribution in [0.2, 0.25) is 0 Å². The van der Waals surface area contributed by atoms with Crippen LogP contribution in [-0.4, -0.2) is 43.3 Å². The monoisotopic (exact) mass is 341 g/mol. The first-order chi connectivity index (χ1) is 11.9. The molecule has 0 N–H and O–H groups in total. The molecule has 2 aliphatic rings. The second kappa shape index (κ2) is 6.47. The number of carbonyl (C=O) groups is 3. The molecule has 0 unspecified atom stereocenters. The number of esters is 1. The van der Waals surface area contributed by atoms with Gasteiger partial charge in [0, 0.05) is 25.9 Å². The normalized spacial score (nSPS) is 26.2. The largest absolute Gasteiger partial charge is 0.465 e. The van der Waals surface area contributed by atoms with Crippen LogP contribution in [-0.2, 0) is 14.3 Å². The van der Waals surface area contributed by atoms with E-state index in [1.54, 1.807) is 30.1 Å². The van der Waals surface area contributed by atoms with Crippen LogP contribution < -0.4 is 0 Å². The van der Waals surface area contributed by atoms with Crippen molar-refractivity contribution in [2.75, 3.05) is 20.7 Å². The van der Waals surface area contributed by atoms with Gasteiger partial charge in [0.15, 0.2) is 0 Å². The van der Waals surface area contributed by atoms with Crippen molar-refractivity contribution in [3.63, 3.8) is 0 Å². The molecule has 132 valence electrons. The highest BCUT2D eigenvalue weighted by Crippen LogP contribution is 2.51. The highest BCUT2D eigenvalue weighted by molar-refractivity contribution is 6.09. The van der Waals surface area contributed by atoms with Crippen molar-refractivity contribution in [1.29, 1.82) is 0 Å². The predicted octanol–water partition coefficient (Wildman–Crippen LogP) is 2.70. The number of likely N-dealkylation sites (tertiary alicyclic amines) is 1. The summed E-state index contributed by atoms with van der Waals surface area (Å²) in [5, 5.41) is 0. The minimum absolute atomic E-state index is 0.0272. The Morgan fingerprint density at radius 2 is 2.04 bits per heavy atom. The summed E-state index contributed by atoms with van der Waals surface area (Å²) in [6, 6.07) is 7.04. The van der Waals surface area contributed by atoms with Crippen LogP contribution in [0, 0.1) is 11.3 Å². The predicted molar refractivity (Wildman–Crippen MR) is 93.9 cm³/mol. The van der Waals surface area contributed by atoms with Gasteiger partial charge >= 0.3 is 5.97 Å². The average Bonchev–Trinajstić information content (AvgIpc) is 3.01. The van der Waals surface area contributed by atoms with E-state index in [1.807, 2.05) is 6.07 Å². The number of benzene rings is 1. The Kier molecular flexibility index (Phi) is 4.50. The van der Waals surface area contributed by atoms with Crippen LogP contribution in [0.1, 0.15) is 41.6 Å². The number of rotatable bonds is 3. The van der Waals surface area contributed by atoms with Gasteiger partial charge in [-0.15, -0.1) is 0 Å². The molecule has 1 saturated carbocycles. The van der Waals surface area contributed by atoms with Crippen molar-refractivity contribution in [1.82, 2.24) is 4.90 Å². The molecule has 5 nitrogen and oxygen atoms in total. The Balaban J connectivity index is 1.99. The van der Waals surface area contributed by atoms with E-state index in [0.29, 0.717) is 31.4 Å². The summed E-state index contributed by atoms with van der Waals surface area (Å²) in [5.41, 5.74) is 0.990. The fraction of sp³-hybridized carbons (Fsp3) is 0.450. The van der Waals surface area contributed by atoms with Crippen molar-refractivity contribution >= 4 is 23.2 Å². The summed E-state index contributed by atoms with van der Waals surface area (Å²) in [6.45, 7) is 4.82. The van der Waals surface area contributed by atoms with E-state index in [4.69, 9.17) is 4.74 Å². The van der Waals surface area contributed by atoms with Gasteiger partial charge in [0.1, 0.15) is 11.2 Å². The maximum absolute atomic E-state index is 12.9. The van der Waals surface area contributed by atoms with Crippen LogP contribution in [0.4, 0.5) is 0 Å². The Hall–Kier alpha value is -2.43. The van der Waals surface area contributed by atoms with E-state index in [-0.39, 0.29) is 17.6 Å². The number of nitrogens with zero attached hydrogens (tertiary/aromatic N) is 1. The third kappa shape index (κ3) is 2.68. The zero-order chi connectivity index (χ0) is 18.2. The van der Waals surface area contributed by atoms with E-state index in [1.165, 1.54) is 7.11 Å². The number of hydrogen-bond acceptors (Lipinski definition) is 4. The second-order valence-corrected chi connectivity index (χ2v) is 6.91. The van der Waals surface area contributed by atoms with E-state index < -0.39 is 11.4 Å². The van der Waals surface area contributed by atoms with Crippen LogP contribution >= 0.6 is 0 Å². The summed E-state index contributed by atoms with van der Waals surface area (Å²) >= 11 is 0. The molecule has 25 heavy (non-hydrogen) atoms. The van der Waals surface area contributed by atoms with Crippen molar-refractivity contribution in [3.8, 4) is 0 Å². The maximum atomic E-state index is 12.9. The van der Waals surface area contributed by atoms with E-state index in [9.17, 15) is 14.4 Å². The van der Waals surface area contributed by atoms with Gasteiger partial charge in [-0.05, 0) is 42.5 Å². The molecule has 0 aromatic heterocycles. The number of carbonyl (C=O) groups excluding carboxylic acids is 3. The van der Waals surface area contributed by atoms with E-state index in [0.717, 1.165) is 17.6 Å². The minimum atomic E-state index is -0.981. The Bertz CT molecular complexity index is 754. The molecule has 1 aromatic carbocycles. The zero-order valence-electron chi connectivity index (χ0n) is 14.7. The lowest BCUT2D eigenvalue weighted by molar-refractivity contribution is -0.153. The number of piperidine rings is 1. The maximum Gasteiger partial charge on any atom is 0.337 e. The molecule has 2 fully saturated rings. The van der Waals surface area contributed by atoms with Gasteiger partial charge in [0.2, 0.25) is 5.91 Å². The summed E-state index contributed by atoms with van der Waals surface area (Å²) in [4.78, 5) is 39.1. The molecule has 2 atom stereocenters. The van der Waals surface area contributed by atoms with Crippen molar-refractivity contribution in [2.45, 2.75) is 25.7 Å². The smallest absolute Gasteiger partial charge is 0.337 e. The van der Waals surface area contributed by atoms with Gasteiger partial charge in [-0.3, -0.25) is 9.59 Å². The summed E-state index contributed by atoms with van der Waals surface area (Å²) < 4.78 is 4.77. The SMILES string of the molecule is C=C(c1cccc(C(=O)OC)c1)[C@H]1CCN(C)C(=O)[C@@]12CCCC2=O. The zero-order valence-corrected chi connectivity index (χ0v) is 14.7. The first-order valence-electron chi connectivity index (χ1n) is 8.58. The molecular weight excluding hydrogens is 318 g/mol. The van der Waals surface area contributed by atoms with Crippen molar-refractivity contribution in [2.24, 2.45) is 11.3 Å². The van der Waals surface area contributed by atoms with E-state index >= 15 is 0 Å². The van der Waals surface area contributed by atoms with Crippen molar-refractivity contribution < 1.29 is 19.1 Å². The number of ether oxygens (including phenoxy) is 1. The molecule has 0 radical (unpaired) electrons. The average molecular weight is 341 g/mol. The highest BCUT2D eigenvalue weighted by atomic mass is 16.5. The lowest BCUT2D eigenvalue weighted by atomic mass is 9.64. The first-order valence-corrected chi connectivity index (χ1v) is 8.58. The lowest BCUT2D eigenvalue weighted by Gasteiger charge is -2.43. The molecule has 3 rings (SSSR count). The van der Waals surface area contributed by atoms with Crippen LogP contribution in [0.5, 0.6) is 0 Å². The first kappa shape index (κ1) is 17.4. The Morgan fingerprint density at radius 3 is 2.68 bits per heavy atom. The van der Waals surface area contributed by atoms with Crippen LogP contribution in [0.25, 0.3) is 5.57 Å². The number of allylic oxidation sites excluding steroid dienone is 1. The minimum Gasteiger partial charge on any atom is -0.465 e. The molecule has 1 aromatic rings. The molecule has 1 heterocycles. The fourth-order valence-electron chi connectivity index (χ4n) is 4.28. The molecular formula is C20H23NO4. The van der Waals surface area contributed by atoms with Crippen LogP contribution in [0.15, 0.2) is 30.8 Å². The molecule has 1 spiro atoms. The van der Waals surface area contributed by atoms with Gasteiger partial charge in [0.25, 0.3) is 0 Å². The fourth-order valence-corrected chi connectivity index (χ4v) is 4.28. The third-order valence-corrected chi connectivity index (χ3v) is 5.62. The highest BCUT2D eigenvalue weighted by Gasteiger charge is 2.57.